The second-order valence-corrected chi connectivity index (χ2v) is 2.47. The first-order valence-electron chi connectivity index (χ1n) is 3.55. The van der Waals surface area contributed by atoms with Crippen LogP contribution in [0.5, 0.6) is 0 Å². The van der Waals surface area contributed by atoms with Crippen LogP contribution in [-0.4, -0.2) is 24.8 Å². The molecule has 0 aliphatic heterocycles. The molecule has 0 saturated carbocycles. The minimum Gasteiger partial charge on any atom is -0.348 e. The summed E-state index contributed by atoms with van der Waals surface area (Å²) >= 11 is 0. The number of hydrogen-bond acceptors (Lipinski definition) is 1. The molecule has 0 bridgehead atoms. The van der Waals surface area contributed by atoms with E-state index >= 15 is 0 Å². The van der Waals surface area contributed by atoms with E-state index in [1.165, 1.54) is 5.32 Å². The number of amides is 1. The SMILES string of the molecule is O=C(NCCCC(F)(F)F)C(F)(F)F. The molecule has 0 aromatic rings. The Labute approximate surface area is 75.3 Å². The summed E-state index contributed by atoms with van der Waals surface area (Å²) in [5.74, 6) is -2.22. The molecule has 0 rings (SSSR count). The zero-order valence-corrected chi connectivity index (χ0v) is 6.80. The van der Waals surface area contributed by atoms with E-state index in [9.17, 15) is 31.1 Å². The predicted molar refractivity (Wildman–Crippen MR) is 34.4 cm³/mol. The molecule has 0 saturated heterocycles. The van der Waals surface area contributed by atoms with Gasteiger partial charge in [-0.1, -0.05) is 0 Å². The second kappa shape index (κ2) is 4.52. The van der Waals surface area contributed by atoms with Crippen LogP contribution < -0.4 is 5.32 Å². The zero-order valence-electron chi connectivity index (χ0n) is 6.80. The number of hydrogen-bond donors (Lipinski definition) is 1. The number of rotatable bonds is 3. The van der Waals surface area contributed by atoms with Gasteiger partial charge in [0.2, 0.25) is 0 Å². The van der Waals surface area contributed by atoms with Gasteiger partial charge >= 0.3 is 18.3 Å². The Morgan fingerprint density at radius 3 is 1.93 bits per heavy atom. The van der Waals surface area contributed by atoms with Crippen LogP contribution in [-0.2, 0) is 4.79 Å². The van der Waals surface area contributed by atoms with Crippen molar-refractivity contribution in [2.75, 3.05) is 6.54 Å². The number of carbonyl (C=O) groups excluding carboxylic acids is 1. The molecule has 84 valence electrons. The summed E-state index contributed by atoms with van der Waals surface area (Å²) in [4.78, 5) is 10.1. The maximum absolute atomic E-state index is 11.5. The van der Waals surface area contributed by atoms with Crippen LogP contribution in [0.4, 0.5) is 26.3 Å². The lowest BCUT2D eigenvalue weighted by molar-refractivity contribution is -0.173. The molecule has 0 spiro atoms. The Morgan fingerprint density at radius 1 is 1.07 bits per heavy atom. The van der Waals surface area contributed by atoms with Gasteiger partial charge in [-0.2, -0.15) is 26.3 Å². The topological polar surface area (TPSA) is 29.1 Å². The van der Waals surface area contributed by atoms with Gasteiger partial charge in [-0.25, -0.2) is 0 Å². The molecular formula is C6H7F6NO. The number of nitrogens with one attached hydrogen (secondary N) is 1. The van der Waals surface area contributed by atoms with Gasteiger partial charge in [0.15, 0.2) is 0 Å². The van der Waals surface area contributed by atoms with E-state index in [0.29, 0.717) is 0 Å². The van der Waals surface area contributed by atoms with E-state index in [-0.39, 0.29) is 0 Å². The highest BCUT2D eigenvalue weighted by Crippen LogP contribution is 2.21. The van der Waals surface area contributed by atoms with Crippen LogP contribution in [0.1, 0.15) is 12.8 Å². The monoisotopic (exact) mass is 223 g/mol. The first-order chi connectivity index (χ1) is 6.13. The van der Waals surface area contributed by atoms with E-state index in [1.807, 2.05) is 0 Å². The van der Waals surface area contributed by atoms with Gasteiger partial charge in [0.1, 0.15) is 0 Å². The van der Waals surface area contributed by atoms with Gasteiger partial charge in [0.05, 0.1) is 0 Å². The van der Waals surface area contributed by atoms with E-state index in [0.717, 1.165) is 0 Å². The third-order valence-electron chi connectivity index (χ3n) is 1.18. The molecule has 0 aromatic heterocycles. The predicted octanol–water partition coefficient (Wildman–Crippen LogP) is 2.01. The van der Waals surface area contributed by atoms with Crippen molar-refractivity contribution in [2.45, 2.75) is 25.2 Å². The molecule has 0 fully saturated rings. The lowest BCUT2D eigenvalue weighted by atomic mass is 10.3. The van der Waals surface area contributed by atoms with Gasteiger partial charge in [-0.05, 0) is 6.42 Å². The molecular weight excluding hydrogens is 216 g/mol. The second-order valence-electron chi connectivity index (χ2n) is 2.47. The fraction of sp³-hybridized carbons (Fsp3) is 0.833. The number of halogens is 6. The maximum atomic E-state index is 11.5. The lowest BCUT2D eigenvalue weighted by Gasteiger charge is -2.08. The normalized spacial score (nSPS) is 12.7. The first-order valence-corrected chi connectivity index (χ1v) is 3.55. The van der Waals surface area contributed by atoms with E-state index in [2.05, 4.69) is 0 Å². The van der Waals surface area contributed by atoms with Crippen molar-refractivity contribution < 1.29 is 31.1 Å². The summed E-state index contributed by atoms with van der Waals surface area (Å²) in [7, 11) is 0. The van der Waals surface area contributed by atoms with Crippen LogP contribution >= 0.6 is 0 Å². The summed E-state index contributed by atoms with van der Waals surface area (Å²) < 4.78 is 68.9. The van der Waals surface area contributed by atoms with Crippen molar-refractivity contribution in [3.8, 4) is 0 Å². The minimum absolute atomic E-state index is 0.564. The van der Waals surface area contributed by atoms with Gasteiger partial charge in [0, 0.05) is 13.0 Å². The Bertz CT molecular complexity index is 195. The van der Waals surface area contributed by atoms with Crippen LogP contribution in [0.3, 0.4) is 0 Å². The quantitative estimate of drug-likeness (QED) is 0.575. The molecule has 0 atom stereocenters. The van der Waals surface area contributed by atoms with E-state index < -0.39 is 37.6 Å². The van der Waals surface area contributed by atoms with Crippen molar-refractivity contribution in [1.29, 1.82) is 0 Å². The summed E-state index contributed by atoms with van der Waals surface area (Å²) in [6, 6.07) is 0. The molecule has 14 heavy (non-hydrogen) atoms. The van der Waals surface area contributed by atoms with Gasteiger partial charge < -0.3 is 5.32 Å². The molecule has 0 unspecified atom stereocenters. The molecule has 0 radical (unpaired) electrons. The Balaban J connectivity index is 3.62. The van der Waals surface area contributed by atoms with E-state index in [4.69, 9.17) is 0 Å². The average Bonchev–Trinajstić information content (AvgIpc) is 1.93. The van der Waals surface area contributed by atoms with Crippen molar-refractivity contribution in [3.05, 3.63) is 0 Å². The average molecular weight is 223 g/mol. The molecule has 2 nitrogen and oxygen atoms in total. The van der Waals surface area contributed by atoms with Crippen molar-refractivity contribution >= 4 is 5.91 Å². The Hall–Kier alpha value is -0.950. The molecule has 0 heterocycles. The smallest absolute Gasteiger partial charge is 0.348 e. The van der Waals surface area contributed by atoms with Gasteiger partial charge in [-0.15, -0.1) is 0 Å². The summed E-state index contributed by atoms with van der Waals surface area (Å²) in [6.45, 7) is -0.641. The zero-order chi connectivity index (χ0) is 11.4. The lowest BCUT2D eigenvalue weighted by Crippen LogP contribution is -2.37. The Kier molecular flexibility index (Phi) is 4.21. The molecule has 8 heteroatoms. The highest BCUT2D eigenvalue weighted by atomic mass is 19.4. The fourth-order valence-corrected chi connectivity index (χ4v) is 0.591. The van der Waals surface area contributed by atoms with Crippen LogP contribution in [0.25, 0.3) is 0 Å². The van der Waals surface area contributed by atoms with Crippen molar-refractivity contribution in [1.82, 2.24) is 5.32 Å². The molecule has 1 N–H and O–H groups in total. The minimum atomic E-state index is -5.04. The summed E-state index contributed by atoms with van der Waals surface area (Å²) in [5.41, 5.74) is 0. The highest BCUT2D eigenvalue weighted by molar-refractivity contribution is 5.81. The standard InChI is InChI=1S/C6H7F6NO/c7-5(8,9)2-1-3-13-4(14)6(10,11)12/h1-3H2,(H,13,14). The van der Waals surface area contributed by atoms with Crippen molar-refractivity contribution in [3.63, 3.8) is 0 Å². The molecule has 0 aromatic carbocycles. The largest absolute Gasteiger partial charge is 0.471 e. The number of alkyl halides is 6. The van der Waals surface area contributed by atoms with Crippen LogP contribution in [0, 0.1) is 0 Å². The van der Waals surface area contributed by atoms with Gasteiger partial charge in [0.25, 0.3) is 0 Å². The summed E-state index contributed by atoms with van der Waals surface area (Å²) in [6.07, 6.45) is -11.2. The fourth-order valence-electron chi connectivity index (χ4n) is 0.591. The van der Waals surface area contributed by atoms with E-state index in [1.54, 1.807) is 0 Å². The molecule has 1 amide bonds. The third-order valence-corrected chi connectivity index (χ3v) is 1.18. The molecule has 0 aliphatic rings. The first kappa shape index (κ1) is 13.0. The third kappa shape index (κ3) is 6.55. The van der Waals surface area contributed by atoms with Crippen molar-refractivity contribution in [2.24, 2.45) is 0 Å². The number of carbonyl (C=O) groups is 1. The summed E-state index contributed by atoms with van der Waals surface area (Å²) in [5, 5.41) is 1.33. The molecule has 0 aliphatic carbocycles. The van der Waals surface area contributed by atoms with Crippen LogP contribution in [0.15, 0.2) is 0 Å². The van der Waals surface area contributed by atoms with Crippen LogP contribution in [0.2, 0.25) is 0 Å². The van der Waals surface area contributed by atoms with Gasteiger partial charge in [-0.3, -0.25) is 4.79 Å². The maximum Gasteiger partial charge on any atom is 0.471 e. The highest BCUT2D eigenvalue weighted by Gasteiger charge is 2.38. The Morgan fingerprint density at radius 2 is 1.57 bits per heavy atom.